The quantitative estimate of drug-likeness (QED) is 0.229. The van der Waals surface area contributed by atoms with E-state index < -0.39 is 5.91 Å². The summed E-state index contributed by atoms with van der Waals surface area (Å²) in [6.45, 7) is 2.35. The molecule has 30 heavy (non-hydrogen) atoms. The summed E-state index contributed by atoms with van der Waals surface area (Å²) in [6.07, 6.45) is 1.55. The zero-order chi connectivity index (χ0) is 21.5. The highest BCUT2D eigenvalue weighted by atomic mass is 127. The Balaban J connectivity index is 1.71. The normalized spacial score (nSPS) is 10.9. The third-order valence-electron chi connectivity index (χ3n) is 4.30. The SMILES string of the molecule is Cc1ccc(NC(=O)/C(C#N)=C\c2ccc(OCc3ccccc3)c(I)c2)cc1Cl. The number of nitrogens with one attached hydrogen (secondary N) is 1. The van der Waals surface area contributed by atoms with Crippen molar-refractivity contribution in [2.75, 3.05) is 5.32 Å². The topological polar surface area (TPSA) is 62.1 Å². The largest absolute Gasteiger partial charge is 0.488 e. The average Bonchev–Trinajstić information content (AvgIpc) is 2.74. The van der Waals surface area contributed by atoms with Crippen LogP contribution in [0.3, 0.4) is 0 Å². The Kier molecular flexibility index (Phi) is 7.50. The van der Waals surface area contributed by atoms with Crippen LogP contribution in [0.15, 0.2) is 72.3 Å². The van der Waals surface area contributed by atoms with Gasteiger partial charge in [0.05, 0.1) is 3.57 Å². The van der Waals surface area contributed by atoms with E-state index in [-0.39, 0.29) is 5.57 Å². The second-order valence-electron chi connectivity index (χ2n) is 6.55. The molecule has 1 amide bonds. The molecule has 0 fully saturated rings. The molecule has 0 heterocycles. The van der Waals surface area contributed by atoms with Gasteiger partial charge in [-0.1, -0.05) is 54.1 Å². The second kappa shape index (κ2) is 10.3. The molecule has 0 saturated heterocycles. The van der Waals surface area contributed by atoms with Gasteiger partial charge in [-0.15, -0.1) is 0 Å². The predicted molar refractivity (Wildman–Crippen MR) is 128 cm³/mol. The number of carbonyl (C=O) groups is 1. The Morgan fingerprint density at radius 3 is 2.60 bits per heavy atom. The van der Waals surface area contributed by atoms with Gasteiger partial charge in [-0.05, 0) is 76.5 Å². The molecule has 3 aromatic carbocycles. The molecule has 1 N–H and O–H groups in total. The van der Waals surface area contributed by atoms with Crippen molar-refractivity contribution in [1.82, 2.24) is 0 Å². The van der Waals surface area contributed by atoms with Crippen LogP contribution in [0.2, 0.25) is 5.02 Å². The molecule has 0 aliphatic heterocycles. The molecule has 3 rings (SSSR count). The smallest absolute Gasteiger partial charge is 0.266 e. The van der Waals surface area contributed by atoms with E-state index in [9.17, 15) is 10.1 Å². The van der Waals surface area contributed by atoms with Crippen LogP contribution in [0.4, 0.5) is 5.69 Å². The van der Waals surface area contributed by atoms with Crippen molar-refractivity contribution < 1.29 is 9.53 Å². The van der Waals surface area contributed by atoms with Crippen LogP contribution in [0.1, 0.15) is 16.7 Å². The summed E-state index contributed by atoms with van der Waals surface area (Å²) in [5, 5.41) is 12.7. The van der Waals surface area contributed by atoms with Crippen molar-refractivity contribution >= 4 is 51.9 Å². The number of hydrogen-bond acceptors (Lipinski definition) is 3. The summed E-state index contributed by atoms with van der Waals surface area (Å²) in [5.41, 5.74) is 3.27. The summed E-state index contributed by atoms with van der Waals surface area (Å²) >= 11 is 8.27. The van der Waals surface area contributed by atoms with E-state index in [2.05, 4.69) is 27.9 Å². The number of hydrogen-bond donors (Lipinski definition) is 1. The lowest BCUT2D eigenvalue weighted by Gasteiger charge is -2.09. The zero-order valence-electron chi connectivity index (χ0n) is 16.2. The van der Waals surface area contributed by atoms with Gasteiger partial charge in [0.15, 0.2) is 0 Å². The molecular formula is C24H18ClIN2O2. The Labute approximate surface area is 194 Å². The van der Waals surface area contributed by atoms with Crippen molar-refractivity contribution in [3.8, 4) is 11.8 Å². The first-order chi connectivity index (χ1) is 14.5. The van der Waals surface area contributed by atoms with Gasteiger partial charge in [-0.25, -0.2) is 0 Å². The molecule has 0 spiro atoms. The van der Waals surface area contributed by atoms with Gasteiger partial charge < -0.3 is 10.1 Å². The fraction of sp³-hybridized carbons (Fsp3) is 0.0833. The standard InChI is InChI=1S/C24H18ClIN2O2/c1-16-7-9-20(13-21(16)25)28-24(29)19(14-27)11-18-8-10-23(22(26)12-18)30-15-17-5-3-2-4-6-17/h2-13H,15H2,1H3,(H,28,29)/b19-11-. The first kappa shape index (κ1) is 21.9. The molecular weight excluding hydrogens is 511 g/mol. The minimum absolute atomic E-state index is 0.000418. The molecule has 0 bridgehead atoms. The summed E-state index contributed by atoms with van der Waals surface area (Å²) < 4.78 is 6.76. The molecule has 4 nitrogen and oxygen atoms in total. The summed E-state index contributed by atoms with van der Waals surface area (Å²) in [5.74, 6) is 0.255. The Morgan fingerprint density at radius 2 is 1.93 bits per heavy atom. The van der Waals surface area contributed by atoms with Gasteiger partial charge in [-0.3, -0.25) is 4.79 Å². The van der Waals surface area contributed by atoms with Crippen LogP contribution < -0.4 is 10.1 Å². The Morgan fingerprint density at radius 1 is 1.17 bits per heavy atom. The lowest BCUT2D eigenvalue weighted by molar-refractivity contribution is -0.112. The highest BCUT2D eigenvalue weighted by Gasteiger charge is 2.11. The number of aryl methyl sites for hydroxylation is 1. The Bertz CT molecular complexity index is 1140. The van der Waals surface area contributed by atoms with Crippen molar-refractivity contribution in [2.45, 2.75) is 13.5 Å². The number of nitriles is 1. The minimum atomic E-state index is -0.489. The van der Waals surface area contributed by atoms with E-state index in [0.717, 1.165) is 26.0 Å². The van der Waals surface area contributed by atoms with Crippen LogP contribution in [-0.4, -0.2) is 5.91 Å². The molecule has 0 atom stereocenters. The van der Waals surface area contributed by atoms with Crippen molar-refractivity contribution in [3.63, 3.8) is 0 Å². The molecule has 150 valence electrons. The Hall–Kier alpha value is -2.82. The predicted octanol–water partition coefficient (Wildman–Crippen LogP) is 6.38. The fourth-order valence-electron chi connectivity index (χ4n) is 2.64. The lowest BCUT2D eigenvalue weighted by Crippen LogP contribution is -2.13. The zero-order valence-corrected chi connectivity index (χ0v) is 19.1. The highest BCUT2D eigenvalue weighted by molar-refractivity contribution is 14.1. The maximum absolute atomic E-state index is 12.5. The number of benzene rings is 3. The van der Waals surface area contributed by atoms with E-state index in [0.29, 0.717) is 17.3 Å². The number of ether oxygens (including phenoxy) is 1. The van der Waals surface area contributed by atoms with E-state index in [1.807, 2.05) is 67.6 Å². The van der Waals surface area contributed by atoms with Crippen LogP contribution in [0.5, 0.6) is 5.75 Å². The van der Waals surface area contributed by atoms with E-state index in [4.69, 9.17) is 16.3 Å². The van der Waals surface area contributed by atoms with Crippen molar-refractivity contribution in [1.29, 1.82) is 5.26 Å². The maximum Gasteiger partial charge on any atom is 0.266 e. The van der Waals surface area contributed by atoms with Gasteiger partial charge in [0.1, 0.15) is 24.0 Å². The third kappa shape index (κ3) is 5.85. The summed E-state index contributed by atoms with van der Waals surface area (Å²) in [7, 11) is 0. The number of anilines is 1. The molecule has 0 aliphatic rings. The van der Waals surface area contributed by atoms with Crippen LogP contribution in [-0.2, 0) is 11.4 Å². The molecule has 0 aliphatic carbocycles. The van der Waals surface area contributed by atoms with Gasteiger partial charge >= 0.3 is 0 Å². The number of nitrogens with zero attached hydrogens (tertiary/aromatic N) is 1. The second-order valence-corrected chi connectivity index (χ2v) is 8.12. The first-order valence-corrected chi connectivity index (χ1v) is 10.6. The van der Waals surface area contributed by atoms with Crippen LogP contribution in [0, 0.1) is 21.8 Å². The summed E-state index contributed by atoms with van der Waals surface area (Å²) in [4.78, 5) is 12.5. The maximum atomic E-state index is 12.5. The van der Waals surface area contributed by atoms with Gasteiger partial charge in [0.25, 0.3) is 5.91 Å². The van der Waals surface area contributed by atoms with Crippen LogP contribution >= 0.6 is 34.2 Å². The van der Waals surface area contributed by atoms with Gasteiger partial charge in [0.2, 0.25) is 0 Å². The number of amides is 1. The monoisotopic (exact) mass is 528 g/mol. The van der Waals surface area contributed by atoms with E-state index in [1.165, 1.54) is 0 Å². The average molecular weight is 529 g/mol. The highest BCUT2D eigenvalue weighted by Crippen LogP contribution is 2.25. The number of rotatable bonds is 6. The van der Waals surface area contributed by atoms with Crippen LogP contribution in [0.25, 0.3) is 6.08 Å². The number of halogens is 2. The molecule has 0 unspecified atom stereocenters. The molecule has 3 aromatic rings. The first-order valence-electron chi connectivity index (χ1n) is 9.12. The number of carbonyl (C=O) groups excluding carboxylic acids is 1. The van der Waals surface area contributed by atoms with E-state index in [1.54, 1.807) is 18.2 Å². The lowest BCUT2D eigenvalue weighted by atomic mass is 10.1. The summed E-state index contributed by atoms with van der Waals surface area (Å²) in [6, 6.07) is 22.6. The van der Waals surface area contributed by atoms with Gasteiger partial charge in [-0.2, -0.15) is 5.26 Å². The molecule has 0 saturated carbocycles. The molecule has 6 heteroatoms. The minimum Gasteiger partial charge on any atom is -0.488 e. The van der Waals surface area contributed by atoms with E-state index >= 15 is 0 Å². The molecule has 0 radical (unpaired) electrons. The molecule has 0 aromatic heterocycles. The van der Waals surface area contributed by atoms with Crippen molar-refractivity contribution in [3.05, 3.63) is 97.6 Å². The fourth-order valence-corrected chi connectivity index (χ4v) is 3.52. The third-order valence-corrected chi connectivity index (χ3v) is 5.55. The van der Waals surface area contributed by atoms with Crippen molar-refractivity contribution in [2.24, 2.45) is 0 Å². The van der Waals surface area contributed by atoms with Gasteiger partial charge in [0, 0.05) is 10.7 Å².